The topological polar surface area (TPSA) is 64.4 Å². The molecule has 0 bridgehead atoms. The highest BCUT2D eigenvalue weighted by Gasteiger charge is 2.22. The van der Waals surface area contributed by atoms with Crippen molar-refractivity contribution < 1.29 is 14.3 Å². The summed E-state index contributed by atoms with van der Waals surface area (Å²) in [7, 11) is 1.78. The molecule has 0 radical (unpaired) electrons. The number of amides is 1. The molecule has 1 fully saturated rings. The molecule has 1 aliphatic rings. The van der Waals surface area contributed by atoms with Gasteiger partial charge in [-0.2, -0.15) is 5.10 Å². The van der Waals surface area contributed by atoms with E-state index in [9.17, 15) is 9.59 Å². The van der Waals surface area contributed by atoms with Crippen LogP contribution in [-0.2, 0) is 20.9 Å². The van der Waals surface area contributed by atoms with Gasteiger partial charge in [0, 0.05) is 24.7 Å². The van der Waals surface area contributed by atoms with E-state index in [1.54, 1.807) is 22.7 Å². The second kappa shape index (κ2) is 10.4. The molecule has 30 heavy (non-hydrogen) atoms. The van der Waals surface area contributed by atoms with Crippen molar-refractivity contribution in [2.45, 2.75) is 51.6 Å². The van der Waals surface area contributed by atoms with Gasteiger partial charge >= 0.3 is 5.97 Å². The number of hydrogen-bond acceptors (Lipinski definition) is 4. The molecule has 1 aromatic heterocycles. The molecule has 7 heteroatoms. The summed E-state index contributed by atoms with van der Waals surface area (Å²) in [6, 6.07) is 10.1. The summed E-state index contributed by atoms with van der Waals surface area (Å²) >= 11 is 6.45. The monoisotopic (exact) mass is 429 g/mol. The number of carbonyl (C=O) groups excluding carboxylic acids is 2. The minimum Gasteiger partial charge on any atom is -0.452 e. The zero-order valence-electron chi connectivity index (χ0n) is 17.5. The van der Waals surface area contributed by atoms with Crippen LogP contribution in [0, 0.1) is 6.92 Å². The lowest BCUT2D eigenvalue weighted by molar-refractivity contribution is -0.148. The first kappa shape index (κ1) is 22.1. The highest BCUT2D eigenvalue weighted by molar-refractivity contribution is 6.31. The molecular weight excluding hydrogens is 402 g/mol. The molecule has 6 nitrogen and oxygen atoms in total. The van der Waals surface area contributed by atoms with E-state index in [1.165, 1.54) is 12.5 Å². The Hall–Kier alpha value is -2.60. The predicted molar refractivity (Wildman–Crippen MR) is 117 cm³/mol. The number of benzene rings is 1. The zero-order valence-corrected chi connectivity index (χ0v) is 18.3. The minimum absolute atomic E-state index is 0.173. The van der Waals surface area contributed by atoms with E-state index < -0.39 is 5.97 Å². The Kier molecular flexibility index (Phi) is 7.69. The van der Waals surface area contributed by atoms with Crippen LogP contribution >= 0.6 is 11.6 Å². The molecule has 0 spiro atoms. The summed E-state index contributed by atoms with van der Waals surface area (Å²) in [6.45, 7) is 2.12. The molecule has 0 atom stereocenters. The Morgan fingerprint density at radius 3 is 2.63 bits per heavy atom. The number of likely N-dealkylation sites (N-methyl/N-ethyl adjacent to an activating group) is 1. The fourth-order valence-corrected chi connectivity index (χ4v) is 4.02. The molecular formula is C23H28ClN3O3. The second-order valence-corrected chi connectivity index (χ2v) is 8.03. The van der Waals surface area contributed by atoms with Crippen molar-refractivity contribution in [1.29, 1.82) is 0 Å². The fourth-order valence-electron chi connectivity index (χ4n) is 3.72. The number of ether oxygens (including phenoxy) is 1. The van der Waals surface area contributed by atoms with Crippen molar-refractivity contribution in [1.82, 2.24) is 14.7 Å². The van der Waals surface area contributed by atoms with Gasteiger partial charge in [0.2, 0.25) is 0 Å². The molecule has 1 amide bonds. The Balaban J connectivity index is 1.55. The number of halogens is 1. The van der Waals surface area contributed by atoms with Gasteiger partial charge in [-0.1, -0.05) is 61.2 Å². The first-order chi connectivity index (χ1) is 14.5. The van der Waals surface area contributed by atoms with Crippen LogP contribution in [-0.4, -0.2) is 46.3 Å². The molecule has 1 aliphatic carbocycles. The molecule has 1 aromatic carbocycles. The van der Waals surface area contributed by atoms with Crippen LogP contribution in [0.15, 0.2) is 36.4 Å². The van der Waals surface area contributed by atoms with Crippen molar-refractivity contribution in [3.05, 3.63) is 58.4 Å². The van der Waals surface area contributed by atoms with Gasteiger partial charge in [-0.05, 0) is 31.4 Å². The third kappa shape index (κ3) is 5.72. The molecule has 0 unspecified atom stereocenters. The first-order valence-corrected chi connectivity index (χ1v) is 10.7. The smallest absolute Gasteiger partial charge is 0.331 e. The van der Waals surface area contributed by atoms with E-state index in [2.05, 4.69) is 5.10 Å². The Labute approximate surface area is 182 Å². The highest BCUT2D eigenvalue weighted by atomic mass is 35.5. The first-order valence-electron chi connectivity index (χ1n) is 10.3. The summed E-state index contributed by atoms with van der Waals surface area (Å²) in [5, 5.41) is 4.91. The van der Waals surface area contributed by atoms with Gasteiger partial charge in [0.25, 0.3) is 5.91 Å². The van der Waals surface area contributed by atoms with Crippen LogP contribution in [0.25, 0.3) is 6.08 Å². The minimum atomic E-state index is -0.577. The average Bonchev–Trinajstić information content (AvgIpc) is 3.03. The Morgan fingerprint density at radius 2 is 1.93 bits per heavy atom. The molecule has 1 heterocycles. The number of nitrogens with zero attached hydrogens (tertiary/aromatic N) is 3. The average molecular weight is 430 g/mol. The number of rotatable bonds is 7. The van der Waals surface area contributed by atoms with E-state index in [0.29, 0.717) is 23.0 Å². The molecule has 0 saturated heterocycles. The summed E-state index contributed by atoms with van der Waals surface area (Å²) < 4.78 is 6.83. The number of aryl methyl sites for hydroxylation is 1. The third-order valence-corrected chi connectivity index (χ3v) is 5.92. The van der Waals surface area contributed by atoms with Gasteiger partial charge in [0.1, 0.15) is 5.15 Å². The van der Waals surface area contributed by atoms with Gasteiger partial charge in [-0.3, -0.25) is 4.79 Å². The number of hydrogen-bond donors (Lipinski definition) is 0. The summed E-state index contributed by atoms with van der Waals surface area (Å²) in [6.07, 6.45) is 8.41. The van der Waals surface area contributed by atoms with Crippen LogP contribution in [0.5, 0.6) is 0 Å². The fraction of sp³-hybridized carbons (Fsp3) is 0.435. The second-order valence-electron chi connectivity index (χ2n) is 7.67. The van der Waals surface area contributed by atoms with Crippen molar-refractivity contribution in [3.63, 3.8) is 0 Å². The van der Waals surface area contributed by atoms with Crippen molar-refractivity contribution in [2.75, 3.05) is 13.7 Å². The van der Waals surface area contributed by atoms with Gasteiger partial charge < -0.3 is 9.64 Å². The molecule has 2 aromatic rings. The molecule has 1 saturated carbocycles. The largest absolute Gasteiger partial charge is 0.452 e. The van der Waals surface area contributed by atoms with E-state index in [0.717, 1.165) is 31.2 Å². The Bertz CT molecular complexity index is 902. The van der Waals surface area contributed by atoms with Crippen LogP contribution in [0.1, 0.15) is 48.9 Å². The molecule has 0 N–H and O–H groups in total. The molecule has 160 valence electrons. The maximum absolute atomic E-state index is 12.3. The standard InChI is InChI=1S/C23H28ClN3O3/c1-17-20(23(24)27(25-17)15-18-9-5-3-6-10-18)13-14-22(29)30-16-21(28)26(2)19-11-7-4-8-12-19/h3,5-6,9-10,13-14,19H,4,7-8,11-12,15-16H2,1-2H3/b14-13+. The lowest BCUT2D eigenvalue weighted by Gasteiger charge is -2.31. The maximum atomic E-state index is 12.3. The van der Waals surface area contributed by atoms with E-state index >= 15 is 0 Å². The highest BCUT2D eigenvalue weighted by Crippen LogP contribution is 2.23. The van der Waals surface area contributed by atoms with Crippen LogP contribution in [0.3, 0.4) is 0 Å². The quantitative estimate of drug-likeness (QED) is 0.487. The van der Waals surface area contributed by atoms with Crippen molar-refractivity contribution in [3.8, 4) is 0 Å². The maximum Gasteiger partial charge on any atom is 0.331 e. The van der Waals surface area contributed by atoms with Crippen molar-refractivity contribution in [2.24, 2.45) is 0 Å². The number of carbonyl (C=O) groups is 2. The van der Waals surface area contributed by atoms with Gasteiger partial charge in [0.15, 0.2) is 6.61 Å². The van der Waals surface area contributed by atoms with E-state index in [-0.39, 0.29) is 18.6 Å². The van der Waals surface area contributed by atoms with Gasteiger partial charge in [0.05, 0.1) is 12.2 Å². The van der Waals surface area contributed by atoms with Gasteiger partial charge in [-0.15, -0.1) is 0 Å². The molecule has 3 rings (SSSR count). The number of aromatic nitrogens is 2. The third-order valence-electron chi connectivity index (χ3n) is 5.52. The zero-order chi connectivity index (χ0) is 21.5. The SMILES string of the molecule is Cc1nn(Cc2ccccc2)c(Cl)c1/C=C/C(=O)OCC(=O)N(C)C1CCCCC1. The van der Waals surface area contributed by atoms with Crippen LogP contribution in [0.4, 0.5) is 0 Å². The van der Waals surface area contributed by atoms with Crippen LogP contribution in [0.2, 0.25) is 5.15 Å². The summed E-state index contributed by atoms with van der Waals surface area (Å²) in [5.74, 6) is -0.750. The molecule has 0 aliphatic heterocycles. The van der Waals surface area contributed by atoms with Gasteiger partial charge in [-0.25, -0.2) is 9.48 Å². The van der Waals surface area contributed by atoms with E-state index in [1.807, 2.05) is 37.3 Å². The van der Waals surface area contributed by atoms with Crippen molar-refractivity contribution >= 4 is 29.6 Å². The summed E-state index contributed by atoms with van der Waals surface area (Å²) in [5.41, 5.74) is 2.46. The van der Waals surface area contributed by atoms with Crippen LogP contribution < -0.4 is 0 Å². The predicted octanol–water partition coefficient (Wildman–Crippen LogP) is 4.24. The summed E-state index contributed by atoms with van der Waals surface area (Å²) in [4.78, 5) is 26.1. The number of esters is 1. The lowest BCUT2D eigenvalue weighted by Crippen LogP contribution is -2.40. The lowest BCUT2D eigenvalue weighted by atomic mass is 9.94. The van der Waals surface area contributed by atoms with E-state index in [4.69, 9.17) is 16.3 Å². The normalized spacial score (nSPS) is 14.8. The Morgan fingerprint density at radius 1 is 1.23 bits per heavy atom.